The highest BCUT2D eigenvalue weighted by atomic mass is 28.3. The summed E-state index contributed by atoms with van der Waals surface area (Å²) in [5.74, 6) is 4.77. The first-order chi connectivity index (χ1) is 7.89. The summed E-state index contributed by atoms with van der Waals surface area (Å²) in [7, 11) is -0.995. The van der Waals surface area contributed by atoms with Gasteiger partial charge in [-0.2, -0.15) is 0 Å². The van der Waals surface area contributed by atoms with E-state index in [-0.39, 0.29) is 5.41 Å². The third kappa shape index (κ3) is 5.63. The third-order valence-electron chi connectivity index (χ3n) is 3.62. The maximum atomic E-state index is 5.51. The minimum atomic E-state index is -0.995. The van der Waals surface area contributed by atoms with Gasteiger partial charge in [-0.15, -0.1) is 0 Å². The van der Waals surface area contributed by atoms with Gasteiger partial charge in [-0.25, -0.2) is 0 Å². The predicted molar refractivity (Wildman–Crippen MR) is 77.3 cm³/mol. The summed E-state index contributed by atoms with van der Waals surface area (Å²) in [6.07, 6.45) is 9.90. The van der Waals surface area contributed by atoms with Gasteiger partial charge in [-0.1, -0.05) is 52.4 Å². The molecule has 0 amide bonds. The third-order valence-corrected chi connectivity index (χ3v) is 4.21. The van der Waals surface area contributed by atoms with Gasteiger partial charge in [0.15, 0.2) is 0 Å². The maximum Gasteiger partial charge on any atom is 0.244 e. The maximum absolute atomic E-state index is 5.51. The van der Waals surface area contributed by atoms with E-state index in [1.54, 1.807) is 0 Å². The molecular weight excluding hydrogens is 224 g/mol. The summed E-state index contributed by atoms with van der Waals surface area (Å²) in [6.45, 7) is 11.2. The van der Waals surface area contributed by atoms with Crippen molar-refractivity contribution < 1.29 is 4.43 Å². The van der Waals surface area contributed by atoms with E-state index in [1.165, 1.54) is 32.1 Å². The van der Waals surface area contributed by atoms with Crippen molar-refractivity contribution >= 4 is 9.04 Å². The molecule has 1 nitrogen and oxygen atoms in total. The van der Waals surface area contributed by atoms with Crippen LogP contribution >= 0.6 is 0 Å². The highest BCUT2D eigenvalue weighted by Gasteiger charge is 2.27. The lowest BCUT2D eigenvalue weighted by Gasteiger charge is -2.28. The number of hydrogen-bond acceptors (Lipinski definition) is 1. The molecule has 0 radical (unpaired) electrons. The van der Waals surface area contributed by atoms with Crippen molar-refractivity contribution in [2.45, 2.75) is 66.0 Å². The minimum absolute atomic E-state index is 0.275. The van der Waals surface area contributed by atoms with Crippen LogP contribution in [0.3, 0.4) is 0 Å². The van der Waals surface area contributed by atoms with Gasteiger partial charge in [0.05, 0.1) is 6.11 Å². The Labute approximate surface area is 109 Å². The van der Waals surface area contributed by atoms with E-state index < -0.39 is 9.04 Å². The van der Waals surface area contributed by atoms with E-state index in [4.69, 9.17) is 4.43 Å². The van der Waals surface area contributed by atoms with Crippen LogP contribution in [0.15, 0.2) is 0 Å². The van der Waals surface area contributed by atoms with Crippen LogP contribution in [0.4, 0.5) is 0 Å². The topological polar surface area (TPSA) is 9.23 Å². The fourth-order valence-electron chi connectivity index (χ4n) is 2.43. The Morgan fingerprint density at radius 2 is 1.82 bits per heavy atom. The minimum Gasteiger partial charge on any atom is -0.505 e. The Morgan fingerprint density at radius 3 is 2.29 bits per heavy atom. The number of hydrogen-bond donors (Lipinski definition) is 0. The predicted octanol–water partition coefficient (Wildman–Crippen LogP) is 4.19. The lowest BCUT2D eigenvalue weighted by atomic mass is 9.76. The van der Waals surface area contributed by atoms with Crippen LogP contribution in [0.25, 0.3) is 0 Å². The first-order valence-electron chi connectivity index (χ1n) is 7.05. The quantitative estimate of drug-likeness (QED) is 0.540. The van der Waals surface area contributed by atoms with E-state index in [1.807, 2.05) is 0 Å². The molecule has 1 fully saturated rings. The summed E-state index contributed by atoms with van der Waals surface area (Å²) in [5, 5.41) is 0. The largest absolute Gasteiger partial charge is 0.505 e. The van der Waals surface area contributed by atoms with Gasteiger partial charge in [0.25, 0.3) is 0 Å². The molecule has 1 rings (SSSR count). The molecule has 0 aromatic heterocycles. The van der Waals surface area contributed by atoms with E-state index >= 15 is 0 Å². The molecule has 1 saturated carbocycles. The van der Waals surface area contributed by atoms with Crippen molar-refractivity contribution in [3.63, 3.8) is 0 Å². The second kappa shape index (κ2) is 6.49. The fourth-order valence-corrected chi connectivity index (χ4v) is 2.74. The Hall–Kier alpha value is -0.423. The molecule has 0 saturated heterocycles. The second-order valence-electron chi connectivity index (χ2n) is 6.72. The molecule has 0 spiro atoms. The Balaban J connectivity index is 2.56. The summed E-state index contributed by atoms with van der Waals surface area (Å²) in [5.41, 5.74) is 0.275. The van der Waals surface area contributed by atoms with Gasteiger partial charge in [0.2, 0.25) is 9.04 Å². The summed E-state index contributed by atoms with van der Waals surface area (Å²) < 4.78 is 5.51. The van der Waals surface area contributed by atoms with Crippen LogP contribution < -0.4 is 0 Å². The zero-order valence-corrected chi connectivity index (χ0v) is 13.3. The standard InChI is InChI=1S/C15H28OSi/c1-15(2,3)14(10-11-16-17(4)5)12-13-8-6-7-9-13/h13-14,17H,6-9,12H2,1-5H3. The molecule has 2 heteroatoms. The molecule has 0 aliphatic heterocycles. The number of rotatable bonds is 3. The Bertz CT molecular complexity index is 274. The van der Waals surface area contributed by atoms with Gasteiger partial charge < -0.3 is 4.43 Å². The molecule has 1 unspecified atom stereocenters. The summed E-state index contributed by atoms with van der Waals surface area (Å²) >= 11 is 0. The molecule has 0 N–H and O–H groups in total. The average Bonchev–Trinajstić information content (AvgIpc) is 2.66. The van der Waals surface area contributed by atoms with Gasteiger partial charge in [-0.05, 0) is 30.8 Å². The lowest BCUT2D eigenvalue weighted by molar-refractivity contribution is 0.251. The Kier molecular flexibility index (Phi) is 5.59. The first kappa shape index (κ1) is 14.6. The van der Waals surface area contributed by atoms with E-state index in [0.29, 0.717) is 5.92 Å². The second-order valence-corrected chi connectivity index (χ2v) is 9.05. The Morgan fingerprint density at radius 1 is 1.24 bits per heavy atom. The van der Waals surface area contributed by atoms with Crippen LogP contribution in [0.2, 0.25) is 13.1 Å². The fraction of sp³-hybridized carbons (Fsp3) is 0.867. The average molecular weight is 252 g/mol. The van der Waals surface area contributed by atoms with Crippen molar-refractivity contribution in [1.29, 1.82) is 0 Å². The monoisotopic (exact) mass is 252 g/mol. The van der Waals surface area contributed by atoms with Crippen molar-refractivity contribution in [2.75, 3.05) is 0 Å². The van der Waals surface area contributed by atoms with Crippen molar-refractivity contribution in [1.82, 2.24) is 0 Å². The molecule has 0 aromatic rings. The highest BCUT2D eigenvalue weighted by molar-refractivity contribution is 6.48. The van der Waals surface area contributed by atoms with Crippen LogP contribution in [0.5, 0.6) is 0 Å². The molecule has 1 aliphatic carbocycles. The molecule has 0 bridgehead atoms. The van der Waals surface area contributed by atoms with Crippen molar-refractivity contribution in [3.8, 4) is 12.0 Å². The van der Waals surface area contributed by atoms with Crippen LogP contribution in [-0.4, -0.2) is 9.04 Å². The molecule has 17 heavy (non-hydrogen) atoms. The zero-order chi connectivity index (χ0) is 12.9. The molecule has 0 aromatic carbocycles. The van der Waals surface area contributed by atoms with Gasteiger partial charge in [-0.3, -0.25) is 0 Å². The molecule has 1 aliphatic rings. The molecular formula is C15H28OSi. The first-order valence-corrected chi connectivity index (χ1v) is 9.84. The molecule has 1 atom stereocenters. The van der Waals surface area contributed by atoms with E-state index in [2.05, 4.69) is 45.9 Å². The van der Waals surface area contributed by atoms with Crippen LogP contribution in [0, 0.1) is 29.3 Å². The molecule has 98 valence electrons. The van der Waals surface area contributed by atoms with E-state index in [0.717, 1.165) is 5.92 Å². The lowest BCUT2D eigenvalue weighted by Crippen LogP contribution is -2.21. The van der Waals surface area contributed by atoms with Gasteiger partial charge >= 0.3 is 0 Å². The van der Waals surface area contributed by atoms with E-state index in [9.17, 15) is 0 Å². The smallest absolute Gasteiger partial charge is 0.244 e. The summed E-state index contributed by atoms with van der Waals surface area (Å²) in [4.78, 5) is 0. The van der Waals surface area contributed by atoms with Crippen LogP contribution in [0.1, 0.15) is 52.9 Å². The normalized spacial score (nSPS) is 18.9. The highest BCUT2D eigenvalue weighted by Crippen LogP contribution is 2.36. The van der Waals surface area contributed by atoms with Crippen molar-refractivity contribution in [3.05, 3.63) is 0 Å². The van der Waals surface area contributed by atoms with Crippen LogP contribution in [-0.2, 0) is 4.43 Å². The summed E-state index contributed by atoms with van der Waals surface area (Å²) in [6, 6.07) is 0. The van der Waals surface area contributed by atoms with Gasteiger partial charge in [0, 0.05) is 5.92 Å². The molecule has 0 heterocycles. The zero-order valence-electron chi connectivity index (χ0n) is 12.2. The van der Waals surface area contributed by atoms with Gasteiger partial charge in [0.1, 0.15) is 0 Å². The van der Waals surface area contributed by atoms with Crippen molar-refractivity contribution in [2.24, 2.45) is 17.3 Å². The SMILES string of the molecule is C[SiH](C)OC#CC(CC1CCCC1)C(C)(C)C.